The molecule has 0 radical (unpaired) electrons. The van der Waals surface area contributed by atoms with Crippen molar-refractivity contribution < 1.29 is 158 Å². The van der Waals surface area contributed by atoms with Crippen LogP contribution in [0.25, 0.3) is 0 Å². The summed E-state index contributed by atoms with van der Waals surface area (Å²) >= 11 is 0. The van der Waals surface area contributed by atoms with Crippen LogP contribution in [0.4, 0.5) is 0 Å². The van der Waals surface area contributed by atoms with E-state index < -0.39 is 235 Å². The Morgan fingerprint density at radius 1 is 0.365 bits per heavy atom. The minimum Gasteiger partial charge on any atom is -0.479 e. The Bertz CT molecular complexity index is 1830. The van der Waals surface area contributed by atoms with Gasteiger partial charge in [0, 0.05) is 13.8 Å². The summed E-state index contributed by atoms with van der Waals surface area (Å²) in [5.41, 5.74) is 0. The zero-order chi connectivity index (χ0) is 54.8. The first-order chi connectivity index (χ1) is 34.9. The fourth-order valence-corrected chi connectivity index (χ4v) is 9.30. The molecule has 0 spiro atoms. The summed E-state index contributed by atoms with van der Waals surface area (Å²) in [4.78, 5) is 37.2. The number of aliphatic hydroxyl groups excluding tert-OH is 17. The minimum absolute atomic E-state index is 0.876. The number of hydrogen-bond acceptors (Lipinski definition) is 31. The highest BCUT2D eigenvalue weighted by Crippen LogP contribution is 2.37. The first-order valence-corrected chi connectivity index (χ1v) is 23.1. The van der Waals surface area contributed by atoms with Crippen LogP contribution in [0.3, 0.4) is 0 Å². The van der Waals surface area contributed by atoms with Crippen molar-refractivity contribution in [2.24, 2.45) is 0 Å². The maximum atomic E-state index is 12.8. The second-order valence-electron chi connectivity index (χ2n) is 18.3. The van der Waals surface area contributed by atoms with E-state index in [0.717, 1.165) is 13.8 Å². The molecule has 6 aliphatic rings. The lowest BCUT2D eigenvalue weighted by molar-refractivity contribution is -0.383. The Balaban J connectivity index is 1.25. The van der Waals surface area contributed by atoms with Crippen LogP contribution in [-0.2, 0) is 66.5 Å². The van der Waals surface area contributed by atoms with Crippen molar-refractivity contribution in [1.29, 1.82) is 0 Å². The number of carboxylic acid groups (broad SMARTS) is 1. The number of nitrogens with one attached hydrogen (secondary N) is 2. The van der Waals surface area contributed by atoms with Gasteiger partial charge in [-0.05, 0) is 0 Å². The van der Waals surface area contributed by atoms with Crippen molar-refractivity contribution in [2.75, 3.05) is 33.0 Å². The molecule has 0 unspecified atom stereocenters. The number of carboxylic acids is 1. The van der Waals surface area contributed by atoms with Crippen LogP contribution in [0, 0.1) is 0 Å². The lowest BCUT2D eigenvalue weighted by atomic mass is 9.93. The third-order valence-electron chi connectivity index (χ3n) is 13.2. The molecule has 6 fully saturated rings. The van der Waals surface area contributed by atoms with Gasteiger partial charge >= 0.3 is 5.97 Å². The Morgan fingerprint density at radius 3 is 1.22 bits per heavy atom. The molecule has 0 aromatic heterocycles. The fourth-order valence-electron chi connectivity index (χ4n) is 9.30. The van der Waals surface area contributed by atoms with Crippen molar-refractivity contribution in [3.63, 3.8) is 0 Å². The molecule has 74 heavy (non-hydrogen) atoms. The van der Waals surface area contributed by atoms with Crippen molar-refractivity contribution in [1.82, 2.24) is 10.6 Å². The molecule has 6 heterocycles. The molecule has 6 saturated heterocycles. The van der Waals surface area contributed by atoms with Crippen molar-refractivity contribution in [2.45, 2.75) is 198 Å². The zero-order valence-electron chi connectivity index (χ0n) is 39.1. The van der Waals surface area contributed by atoms with Crippen LogP contribution < -0.4 is 10.6 Å². The molecule has 34 nitrogen and oxygen atoms in total. The number of aliphatic hydroxyl groups is 17. The maximum Gasteiger partial charge on any atom is 0.335 e. The summed E-state index contributed by atoms with van der Waals surface area (Å²) in [6.45, 7) is -3.12. The van der Waals surface area contributed by atoms with E-state index in [2.05, 4.69) is 10.6 Å². The average molecular weight is 1090 g/mol. The third kappa shape index (κ3) is 12.7. The van der Waals surface area contributed by atoms with E-state index in [0.29, 0.717) is 0 Å². The molecule has 0 aromatic carbocycles. The summed E-state index contributed by atoms with van der Waals surface area (Å²) in [5, 5.41) is 196. The van der Waals surface area contributed by atoms with Gasteiger partial charge in [0.05, 0.1) is 33.0 Å². The Hall–Kier alpha value is -2.71. The fraction of sp³-hybridized carbons (Fsp3) is 0.925. The Morgan fingerprint density at radius 2 is 0.730 bits per heavy atom. The molecule has 6 rings (SSSR count). The van der Waals surface area contributed by atoms with E-state index in [1.165, 1.54) is 0 Å². The molecule has 34 heteroatoms. The summed E-state index contributed by atoms with van der Waals surface area (Å²) in [5.74, 6) is -3.58. The molecule has 428 valence electrons. The van der Waals surface area contributed by atoms with E-state index in [1.807, 2.05) is 0 Å². The molecule has 2 amide bonds. The molecule has 6 aliphatic heterocycles. The first-order valence-electron chi connectivity index (χ1n) is 23.1. The predicted molar refractivity (Wildman–Crippen MR) is 223 cm³/mol. The van der Waals surface area contributed by atoms with Gasteiger partial charge < -0.3 is 155 Å². The van der Waals surface area contributed by atoms with E-state index >= 15 is 0 Å². The molecule has 0 bridgehead atoms. The highest BCUT2D eigenvalue weighted by Gasteiger charge is 2.58. The highest BCUT2D eigenvalue weighted by molar-refractivity contribution is 5.74. The highest BCUT2D eigenvalue weighted by atomic mass is 16.8. The van der Waals surface area contributed by atoms with Crippen LogP contribution in [0.1, 0.15) is 13.8 Å². The quantitative estimate of drug-likeness (QED) is 0.0606. The lowest BCUT2D eigenvalue weighted by Gasteiger charge is -2.51. The molecule has 30 atom stereocenters. The van der Waals surface area contributed by atoms with Crippen LogP contribution in [-0.4, -0.2) is 327 Å². The van der Waals surface area contributed by atoms with Crippen LogP contribution >= 0.6 is 0 Å². The van der Waals surface area contributed by atoms with Gasteiger partial charge in [-0.25, -0.2) is 4.79 Å². The number of aliphatic carboxylic acids is 1. The van der Waals surface area contributed by atoms with Gasteiger partial charge in [-0.3, -0.25) is 9.59 Å². The molecular weight excluding hydrogens is 1020 g/mol. The van der Waals surface area contributed by atoms with Gasteiger partial charge in [0.2, 0.25) is 11.8 Å². The van der Waals surface area contributed by atoms with Crippen LogP contribution in [0.5, 0.6) is 0 Å². The smallest absolute Gasteiger partial charge is 0.335 e. The monoisotopic (exact) mass is 1090 g/mol. The zero-order valence-corrected chi connectivity index (χ0v) is 39.1. The van der Waals surface area contributed by atoms with Gasteiger partial charge in [0.25, 0.3) is 0 Å². The van der Waals surface area contributed by atoms with E-state index in [9.17, 15) is 106 Å². The largest absolute Gasteiger partial charge is 0.479 e. The Kier molecular flexibility index (Phi) is 21.1. The SMILES string of the molecule is CC(=O)N[C@H]1[C@H](O[C@@H]2[C@H](O)[C@H](O[C@H]3[C@H](O)[C@@H](O)[C@H](O)O[C@@H]3CO)O[C@H](CO)[C@H]2O)O[C@H](CO)[C@@H](O[C@@H]2O[C@H](CO)[C@H](O)[C@H](O[C@@H]3O[C@H](CO)[C@H](O)[C@H](O[C@@H]4O[C@H](C(=O)O)[C@@H](O)[C@H](O)[C@H]4O)[C@H]3O)[C@H]2NC(C)=O)[C@@H]1O. The van der Waals surface area contributed by atoms with Gasteiger partial charge in [-0.15, -0.1) is 0 Å². The minimum atomic E-state index is -2.27. The summed E-state index contributed by atoms with van der Waals surface area (Å²) in [7, 11) is 0. The number of carbonyl (C=O) groups excluding carboxylic acids is 2. The number of amides is 2. The Labute approximate surface area is 417 Å². The van der Waals surface area contributed by atoms with Crippen LogP contribution in [0.15, 0.2) is 0 Å². The van der Waals surface area contributed by atoms with Crippen LogP contribution in [0.2, 0.25) is 0 Å². The van der Waals surface area contributed by atoms with Gasteiger partial charge in [0.15, 0.2) is 43.8 Å². The average Bonchev–Trinajstić information content (AvgIpc) is 3.35. The molecular formula is C40H66N2O32. The normalized spacial score (nSPS) is 49.2. The molecule has 0 aliphatic carbocycles. The number of ether oxygens (including phenoxy) is 11. The van der Waals surface area contributed by atoms with E-state index in [1.54, 1.807) is 0 Å². The summed E-state index contributed by atoms with van der Waals surface area (Å²) in [6, 6.07) is -3.64. The topological polar surface area (TPSA) is 541 Å². The predicted octanol–water partition coefficient (Wildman–Crippen LogP) is -13.7. The number of carbonyl (C=O) groups is 3. The number of hydrogen-bond donors (Lipinski definition) is 20. The third-order valence-corrected chi connectivity index (χ3v) is 13.2. The maximum absolute atomic E-state index is 12.8. The van der Waals surface area contributed by atoms with Gasteiger partial charge in [0.1, 0.15) is 140 Å². The van der Waals surface area contributed by atoms with E-state index in [-0.39, 0.29) is 0 Å². The standard InChI is InChI=1S/C40H66N2O32/c1-8(48)41-15-20(53)28(14(7-47)68-36(15)72-31-18(51)11(4-44)66-39(26(31)59)70-29-13(6-46)64-35(63)24(57)23(29)56)69-37-16(42-9(2)49)30(17(50)10(3-43)65-37)71-40-27(60)32(19(52)12(5-45)67-40)73-38-25(58)21(54)22(55)33(74-38)34(61)62/h10-33,35-40,43-47,50-60,63H,3-7H2,1-2H3,(H,41,48)(H,42,49)(H,61,62)/t10-,11-,12-,13-,14-,15-,16-,17+,18-,19+,20-,21+,22+,23-,24-,25-,26+,27-,28-,29-,30-,31+,32+,33+,35-,36+,37+,38-,39+,40+/m1/s1. The second kappa shape index (κ2) is 25.8. The molecule has 0 saturated carbocycles. The second-order valence-corrected chi connectivity index (χ2v) is 18.3. The van der Waals surface area contributed by atoms with Gasteiger partial charge in [-0.2, -0.15) is 0 Å². The summed E-state index contributed by atoms with van der Waals surface area (Å²) < 4.78 is 62.1. The summed E-state index contributed by atoms with van der Waals surface area (Å²) in [6.07, 6.45) is -55.8. The van der Waals surface area contributed by atoms with Crippen molar-refractivity contribution in [3.8, 4) is 0 Å². The lowest BCUT2D eigenvalue weighted by Crippen LogP contribution is -2.71. The van der Waals surface area contributed by atoms with Gasteiger partial charge in [-0.1, -0.05) is 0 Å². The first kappa shape index (κ1) is 60.5. The number of rotatable bonds is 18. The van der Waals surface area contributed by atoms with Crippen molar-refractivity contribution >= 4 is 17.8 Å². The molecule has 0 aromatic rings. The molecule has 20 N–H and O–H groups in total. The van der Waals surface area contributed by atoms with Crippen molar-refractivity contribution in [3.05, 3.63) is 0 Å². The van der Waals surface area contributed by atoms with E-state index in [4.69, 9.17) is 52.1 Å².